The average molecular weight is 883 g/mol. The van der Waals surface area contributed by atoms with Gasteiger partial charge in [0.2, 0.25) is 0 Å². The van der Waals surface area contributed by atoms with E-state index in [0.717, 1.165) is 37.9 Å². The third-order valence-electron chi connectivity index (χ3n) is 17.2. The van der Waals surface area contributed by atoms with Gasteiger partial charge in [0.05, 0.1) is 12.7 Å². The first-order valence-corrected chi connectivity index (χ1v) is 22.9. The zero-order valence-corrected chi connectivity index (χ0v) is 39.9. The predicted octanol–water partition coefficient (Wildman–Crippen LogP) is 6.74. The fraction of sp³-hybridized carbons (Fsp3) is 0.936. The van der Waals surface area contributed by atoms with Crippen molar-refractivity contribution in [1.82, 2.24) is 0 Å². The van der Waals surface area contributed by atoms with Crippen LogP contribution in [0.15, 0.2) is 11.3 Å². The van der Waals surface area contributed by atoms with E-state index in [1.165, 1.54) is 25.3 Å². The largest absolute Gasteiger partial charge is 0.488 e. The lowest BCUT2D eigenvalue weighted by atomic mass is 9.41. The van der Waals surface area contributed by atoms with Crippen LogP contribution in [0.2, 0.25) is 0 Å². The molecule has 0 bridgehead atoms. The standard InChI is InChI=1S/C47H78O15/c1-28-20-30(39(60-29(2)48)43(5,6)59-27-53-13)61-37-35(28)44(7)18-19-47-22-46(47)17-16-34(42(3,4)32(46)14-15-33(47)45(44,8)40(37)58-26-52-12)62-41-38(57-25-51-11)36(56-24-50-10)31(21-54-41)55-23-49-9/h28,30-34,36,38-41H,14-27H2,1-13H3/t28-,30-,31-,32+,33+,34+,36+,38-,39+,40+,41+,44-,45-,46-,47+/m1/s1. The molecule has 5 aliphatic carbocycles. The SMILES string of the molecule is COCO[C@@H]1[C@@H](OCOC)[C@H](O[C@H]2CC[C@]34C[C@]35CC[C@]3(C)C6=C(O[C@@H]([C@H](OC(C)=O)C(C)(C)OCOC)C[C@H]6C)[C@H](OCOC)[C@@]3(C)[C@@H]5CC[C@H]4C2(C)C)OC[C@H]1OCOC. The molecule has 0 N–H and O–H groups in total. The number of rotatable bonds is 20. The van der Waals surface area contributed by atoms with Gasteiger partial charge >= 0.3 is 5.97 Å². The number of ether oxygens (including phenoxy) is 14. The van der Waals surface area contributed by atoms with E-state index in [4.69, 9.17) is 66.3 Å². The monoisotopic (exact) mass is 883 g/mol. The van der Waals surface area contributed by atoms with E-state index >= 15 is 0 Å². The number of carbonyl (C=O) groups excluding carboxylic acids is 1. The molecule has 0 aromatic rings. The lowest BCUT2D eigenvalue weighted by Crippen LogP contribution is -2.62. The molecule has 2 aliphatic heterocycles. The molecule has 62 heavy (non-hydrogen) atoms. The first-order chi connectivity index (χ1) is 29.5. The zero-order valence-electron chi connectivity index (χ0n) is 39.9. The van der Waals surface area contributed by atoms with E-state index in [0.29, 0.717) is 18.3 Å². The van der Waals surface area contributed by atoms with Gasteiger partial charge in [0.25, 0.3) is 0 Å². The van der Waals surface area contributed by atoms with Gasteiger partial charge in [0, 0.05) is 53.3 Å². The Labute approximate surface area is 370 Å². The van der Waals surface area contributed by atoms with Gasteiger partial charge < -0.3 is 66.3 Å². The maximum atomic E-state index is 12.6. The van der Waals surface area contributed by atoms with Crippen molar-refractivity contribution in [2.24, 2.45) is 44.8 Å². The summed E-state index contributed by atoms with van der Waals surface area (Å²) in [5, 5.41) is 0. The van der Waals surface area contributed by atoms with Crippen LogP contribution in [0.3, 0.4) is 0 Å². The molecule has 15 nitrogen and oxygen atoms in total. The van der Waals surface area contributed by atoms with Crippen LogP contribution in [0, 0.1) is 44.8 Å². The van der Waals surface area contributed by atoms with Crippen molar-refractivity contribution >= 4 is 5.97 Å². The lowest BCUT2D eigenvalue weighted by Gasteiger charge is -2.64. The van der Waals surface area contributed by atoms with Crippen molar-refractivity contribution in [2.75, 3.05) is 76.1 Å². The normalized spacial score (nSPS) is 42.5. The molecule has 356 valence electrons. The summed E-state index contributed by atoms with van der Waals surface area (Å²) in [4.78, 5) is 12.6. The summed E-state index contributed by atoms with van der Waals surface area (Å²) in [6, 6.07) is 0. The lowest BCUT2D eigenvalue weighted by molar-refractivity contribution is -0.336. The summed E-state index contributed by atoms with van der Waals surface area (Å²) in [6.45, 7) is 18.1. The molecule has 4 saturated carbocycles. The van der Waals surface area contributed by atoms with Crippen molar-refractivity contribution < 1.29 is 71.1 Å². The van der Waals surface area contributed by atoms with Crippen molar-refractivity contribution in [3.05, 3.63) is 11.3 Å². The molecule has 1 saturated heterocycles. The van der Waals surface area contributed by atoms with Gasteiger partial charge in [0.1, 0.15) is 75.8 Å². The predicted molar refractivity (Wildman–Crippen MR) is 224 cm³/mol. The molecule has 7 rings (SSSR count). The van der Waals surface area contributed by atoms with Gasteiger partial charge in [-0.05, 0) is 105 Å². The highest BCUT2D eigenvalue weighted by Crippen LogP contribution is 2.89. The first kappa shape index (κ1) is 48.5. The fourth-order valence-corrected chi connectivity index (χ4v) is 14.6. The Morgan fingerprint density at radius 3 is 2.05 bits per heavy atom. The average Bonchev–Trinajstić information content (AvgIpc) is 3.85. The molecule has 2 spiro atoms. The second kappa shape index (κ2) is 18.7. The minimum absolute atomic E-state index is 0.0462. The quantitative estimate of drug-likeness (QED) is 0.0723. The van der Waals surface area contributed by atoms with E-state index in [2.05, 4.69) is 34.6 Å². The highest BCUT2D eigenvalue weighted by Gasteiger charge is 2.84. The maximum Gasteiger partial charge on any atom is 0.303 e. The third kappa shape index (κ3) is 7.91. The van der Waals surface area contributed by atoms with Gasteiger partial charge in [-0.25, -0.2) is 0 Å². The number of hydrogen-bond donors (Lipinski definition) is 0. The molecular formula is C47H78O15. The second-order valence-corrected chi connectivity index (χ2v) is 20.9. The number of methoxy groups -OCH3 is 5. The Kier molecular flexibility index (Phi) is 14.6. The third-order valence-corrected chi connectivity index (χ3v) is 17.2. The van der Waals surface area contributed by atoms with Crippen LogP contribution in [0.5, 0.6) is 0 Å². The second-order valence-electron chi connectivity index (χ2n) is 20.9. The molecule has 15 heteroatoms. The van der Waals surface area contributed by atoms with Crippen LogP contribution in [0.1, 0.15) is 107 Å². The maximum absolute atomic E-state index is 12.6. The molecule has 15 atom stereocenters. The molecule has 2 heterocycles. The van der Waals surface area contributed by atoms with Crippen molar-refractivity contribution in [3.8, 4) is 0 Å². The highest BCUT2D eigenvalue weighted by atomic mass is 16.8. The van der Waals surface area contributed by atoms with E-state index in [1.807, 2.05) is 13.8 Å². The number of allylic oxidation sites excluding steroid dienone is 1. The fourth-order valence-electron chi connectivity index (χ4n) is 14.6. The van der Waals surface area contributed by atoms with Gasteiger partial charge in [0.15, 0.2) is 12.4 Å². The molecule has 0 aromatic heterocycles. The molecule has 5 fully saturated rings. The van der Waals surface area contributed by atoms with E-state index in [1.54, 1.807) is 35.5 Å². The van der Waals surface area contributed by atoms with E-state index in [-0.39, 0.29) is 91.7 Å². The number of fused-ring (bicyclic) bond motifs is 3. The highest BCUT2D eigenvalue weighted by molar-refractivity contribution is 5.66. The summed E-state index contributed by atoms with van der Waals surface area (Å²) in [5.41, 5.74) is 0.287. The van der Waals surface area contributed by atoms with Crippen LogP contribution in [-0.4, -0.2) is 137 Å². The number of carbonyl (C=O) groups is 1. The molecule has 7 aliphatic rings. The molecule has 0 radical (unpaired) electrons. The summed E-state index contributed by atoms with van der Waals surface area (Å²) in [7, 11) is 8.05. The number of hydrogen-bond acceptors (Lipinski definition) is 15. The topological polar surface area (TPSA) is 146 Å². The molecule has 0 unspecified atom stereocenters. The van der Waals surface area contributed by atoms with Gasteiger partial charge in [-0.15, -0.1) is 0 Å². The van der Waals surface area contributed by atoms with E-state index in [9.17, 15) is 4.79 Å². The summed E-state index contributed by atoms with van der Waals surface area (Å²) in [5.74, 6) is 1.56. The summed E-state index contributed by atoms with van der Waals surface area (Å²) in [6.07, 6.45) is 4.52. The van der Waals surface area contributed by atoms with Crippen molar-refractivity contribution in [3.63, 3.8) is 0 Å². The van der Waals surface area contributed by atoms with Gasteiger partial charge in [-0.2, -0.15) is 0 Å². The summed E-state index contributed by atoms with van der Waals surface area (Å²) < 4.78 is 85.0. The Bertz CT molecular complexity index is 1590. The van der Waals surface area contributed by atoms with Crippen LogP contribution in [0.4, 0.5) is 0 Å². The number of esters is 1. The zero-order chi connectivity index (χ0) is 44.9. The van der Waals surface area contributed by atoms with Crippen molar-refractivity contribution in [2.45, 2.75) is 161 Å². The smallest absolute Gasteiger partial charge is 0.303 e. The van der Waals surface area contributed by atoms with Crippen molar-refractivity contribution in [1.29, 1.82) is 0 Å². The first-order valence-electron chi connectivity index (χ1n) is 22.9. The Hall–Kier alpha value is -1.47. The van der Waals surface area contributed by atoms with E-state index < -0.39 is 42.4 Å². The van der Waals surface area contributed by atoms with Crippen LogP contribution >= 0.6 is 0 Å². The molecule has 0 amide bonds. The van der Waals surface area contributed by atoms with Crippen LogP contribution < -0.4 is 0 Å². The molecular weight excluding hydrogens is 805 g/mol. The summed E-state index contributed by atoms with van der Waals surface area (Å²) >= 11 is 0. The Morgan fingerprint density at radius 1 is 0.774 bits per heavy atom. The minimum atomic E-state index is -0.869. The van der Waals surface area contributed by atoms with Gasteiger partial charge in [-0.1, -0.05) is 34.6 Å². The van der Waals surface area contributed by atoms with Crippen LogP contribution in [-0.2, 0) is 71.1 Å². The Morgan fingerprint density at radius 2 is 1.39 bits per heavy atom. The minimum Gasteiger partial charge on any atom is -0.488 e. The van der Waals surface area contributed by atoms with Crippen LogP contribution in [0.25, 0.3) is 0 Å². The Balaban J connectivity index is 1.15. The molecule has 0 aromatic carbocycles. The van der Waals surface area contributed by atoms with Gasteiger partial charge in [-0.3, -0.25) is 4.79 Å².